The smallest absolute Gasteiger partial charge is 0.160 e. The maximum absolute atomic E-state index is 11.2. The van der Waals surface area contributed by atoms with Crippen molar-refractivity contribution in [2.45, 2.75) is 125 Å². The number of aliphatic hydroxyl groups is 1. The van der Waals surface area contributed by atoms with Gasteiger partial charge in [0.2, 0.25) is 0 Å². The zero-order chi connectivity index (χ0) is 19.6. The Morgan fingerprint density at radius 2 is 1.38 bits per heavy atom. The molecular weight excluding hydrogens is 320 g/mol. The summed E-state index contributed by atoms with van der Waals surface area (Å²) in [4.78, 5) is 0. The molecule has 0 aromatic rings. The predicted molar refractivity (Wildman–Crippen MR) is 111 cm³/mol. The summed E-state index contributed by atoms with van der Waals surface area (Å²) in [6, 6.07) is 0. The van der Waals surface area contributed by atoms with Crippen LogP contribution in [-0.4, -0.2) is 17.5 Å². The average molecular weight is 367 g/mol. The van der Waals surface area contributed by atoms with E-state index >= 15 is 0 Å². The molecule has 0 bridgehead atoms. The molecule has 2 saturated carbocycles. The van der Waals surface area contributed by atoms with Crippen molar-refractivity contribution in [2.24, 2.45) is 28.1 Å². The van der Waals surface area contributed by atoms with Crippen molar-refractivity contribution in [1.29, 1.82) is 0 Å². The first-order valence-corrected chi connectivity index (χ1v) is 11.3. The van der Waals surface area contributed by atoms with Crippen LogP contribution in [0.4, 0.5) is 0 Å². The maximum Gasteiger partial charge on any atom is 0.160 e. The molecule has 2 aliphatic rings. The highest BCUT2D eigenvalue weighted by Gasteiger charge is 2.47. The van der Waals surface area contributed by atoms with Crippen LogP contribution in [0, 0.1) is 28.1 Å². The van der Waals surface area contributed by atoms with Crippen molar-refractivity contribution in [1.82, 2.24) is 0 Å². The molecule has 0 aromatic carbocycles. The van der Waals surface area contributed by atoms with E-state index in [0.29, 0.717) is 0 Å². The van der Waals surface area contributed by atoms with Crippen molar-refractivity contribution in [3.63, 3.8) is 0 Å². The van der Waals surface area contributed by atoms with Gasteiger partial charge >= 0.3 is 0 Å². The van der Waals surface area contributed by atoms with Crippen LogP contribution in [0.3, 0.4) is 0 Å². The normalized spacial score (nSPS) is 30.0. The van der Waals surface area contributed by atoms with Crippen LogP contribution in [0.25, 0.3) is 0 Å². The van der Waals surface area contributed by atoms with Gasteiger partial charge in [0.25, 0.3) is 0 Å². The van der Waals surface area contributed by atoms with Gasteiger partial charge in [0.15, 0.2) is 6.29 Å². The Labute approximate surface area is 163 Å². The second-order valence-corrected chi connectivity index (χ2v) is 11.8. The summed E-state index contributed by atoms with van der Waals surface area (Å²) < 4.78 is 6.41. The molecule has 0 aromatic heterocycles. The van der Waals surface area contributed by atoms with E-state index in [-0.39, 0.29) is 22.3 Å². The Kier molecular flexibility index (Phi) is 7.27. The van der Waals surface area contributed by atoms with Gasteiger partial charge in [0, 0.05) is 5.41 Å². The van der Waals surface area contributed by atoms with Crippen molar-refractivity contribution in [3.8, 4) is 0 Å². The minimum Gasteiger partial charge on any atom is -0.367 e. The molecular formula is C24H46O2. The monoisotopic (exact) mass is 366 g/mol. The zero-order valence-corrected chi connectivity index (χ0v) is 18.7. The summed E-state index contributed by atoms with van der Waals surface area (Å²) in [6.45, 7) is 15.8. The first-order valence-electron chi connectivity index (χ1n) is 11.3. The van der Waals surface area contributed by atoms with E-state index in [4.69, 9.17) is 4.74 Å². The molecule has 0 amide bonds. The Morgan fingerprint density at radius 1 is 0.808 bits per heavy atom. The third-order valence-corrected chi connectivity index (χ3v) is 7.46. The molecule has 4 atom stereocenters. The van der Waals surface area contributed by atoms with Crippen molar-refractivity contribution >= 4 is 0 Å². The van der Waals surface area contributed by atoms with E-state index in [1.807, 2.05) is 0 Å². The Bertz CT molecular complexity index is 424. The quantitative estimate of drug-likeness (QED) is 0.533. The number of hydrogen-bond donors (Lipinski definition) is 1. The average Bonchev–Trinajstić information content (AvgIpc) is 2.53. The van der Waals surface area contributed by atoms with Crippen LogP contribution in [0.2, 0.25) is 0 Å². The largest absolute Gasteiger partial charge is 0.367 e. The molecule has 0 spiro atoms. The number of rotatable bonds is 5. The minimum absolute atomic E-state index is 0.00284. The van der Waals surface area contributed by atoms with Gasteiger partial charge in [-0.25, -0.2) is 0 Å². The summed E-state index contributed by atoms with van der Waals surface area (Å²) in [5, 5.41) is 11.2. The van der Waals surface area contributed by atoms with Crippen molar-refractivity contribution < 1.29 is 9.84 Å². The van der Waals surface area contributed by atoms with Gasteiger partial charge in [-0.15, -0.1) is 0 Å². The summed E-state index contributed by atoms with van der Waals surface area (Å²) in [5.41, 5.74) is -0.0796. The maximum atomic E-state index is 11.2. The molecule has 0 heterocycles. The van der Waals surface area contributed by atoms with E-state index < -0.39 is 6.29 Å². The summed E-state index contributed by atoms with van der Waals surface area (Å²) >= 11 is 0. The Hall–Kier alpha value is -0.0800. The molecule has 4 unspecified atom stereocenters. The SMILES string of the molecule is CC(C)(C)CC(C)(C(O)OC1CCCC(C2CCCCC2)C1)C(C)(C)C. The van der Waals surface area contributed by atoms with Crippen LogP contribution in [-0.2, 0) is 4.74 Å². The molecule has 26 heavy (non-hydrogen) atoms. The lowest BCUT2D eigenvalue weighted by atomic mass is 9.61. The van der Waals surface area contributed by atoms with E-state index in [1.54, 1.807) is 0 Å². The van der Waals surface area contributed by atoms with Crippen LogP contribution in [0.15, 0.2) is 0 Å². The second-order valence-electron chi connectivity index (χ2n) is 11.8. The third-order valence-electron chi connectivity index (χ3n) is 7.46. The molecule has 154 valence electrons. The second kappa shape index (κ2) is 8.52. The van der Waals surface area contributed by atoms with Gasteiger partial charge in [0.1, 0.15) is 0 Å². The highest BCUT2D eigenvalue weighted by atomic mass is 16.6. The Balaban J connectivity index is 2.02. The number of ether oxygens (including phenoxy) is 1. The van der Waals surface area contributed by atoms with Crippen molar-refractivity contribution in [2.75, 3.05) is 0 Å². The zero-order valence-electron chi connectivity index (χ0n) is 18.7. The van der Waals surface area contributed by atoms with Crippen LogP contribution in [0.5, 0.6) is 0 Å². The molecule has 2 fully saturated rings. The van der Waals surface area contributed by atoms with Gasteiger partial charge < -0.3 is 9.84 Å². The first kappa shape index (κ1) is 22.2. The van der Waals surface area contributed by atoms with Gasteiger partial charge in [-0.05, 0) is 48.3 Å². The number of aliphatic hydroxyl groups excluding tert-OH is 1. The minimum atomic E-state index is -0.683. The highest BCUT2D eigenvalue weighted by molar-refractivity contribution is 4.93. The van der Waals surface area contributed by atoms with Crippen LogP contribution < -0.4 is 0 Å². The lowest BCUT2D eigenvalue weighted by molar-refractivity contribution is -0.239. The molecule has 0 aliphatic heterocycles. The molecule has 2 nitrogen and oxygen atoms in total. The lowest BCUT2D eigenvalue weighted by Crippen LogP contribution is -2.48. The molecule has 2 aliphatic carbocycles. The van der Waals surface area contributed by atoms with Gasteiger partial charge in [-0.2, -0.15) is 0 Å². The third kappa shape index (κ3) is 5.71. The molecule has 2 heteroatoms. The van der Waals surface area contributed by atoms with Gasteiger partial charge in [0.05, 0.1) is 6.10 Å². The molecule has 0 radical (unpaired) electrons. The summed E-state index contributed by atoms with van der Waals surface area (Å²) in [6.07, 6.45) is 12.6. The fraction of sp³-hybridized carbons (Fsp3) is 1.00. The van der Waals surface area contributed by atoms with Gasteiger partial charge in [-0.3, -0.25) is 0 Å². The summed E-state index contributed by atoms with van der Waals surface area (Å²) in [5.74, 6) is 1.74. The van der Waals surface area contributed by atoms with E-state index in [1.165, 1.54) is 44.9 Å². The summed E-state index contributed by atoms with van der Waals surface area (Å²) in [7, 11) is 0. The molecule has 2 rings (SSSR count). The van der Waals surface area contributed by atoms with Gasteiger partial charge in [-0.1, -0.05) is 87.0 Å². The standard InChI is InChI=1S/C24H46O2/c1-22(2,3)17-24(7,23(4,5)6)21(25)26-20-15-11-14-19(16-20)18-12-9-8-10-13-18/h18-21,25H,8-17H2,1-7H3. The van der Waals surface area contributed by atoms with E-state index in [2.05, 4.69) is 48.5 Å². The first-order chi connectivity index (χ1) is 11.9. The molecule has 1 N–H and O–H groups in total. The fourth-order valence-electron chi connectivity index (χ4n) is 5.50. The Morgan fingerprint density at radius 3 is 1.92 bits per heavy atom. The topological polar surface area (TPSA) is 29.5 Å². The van der Waals surface area contributed by atoms with E-state index in [9.17, 15) is 5.11 Å². The number of hydrogen-bond acceptors (Lipinski definition) is 2. The van der Waals surface area contributed by atoms with E-state index in [0.717, 1.165) is 31.1 Å². The lowest BCUT2D eigenvalue weighted by Gasteiger charge is -2.49. The highest BCUT2D eigenvalue weighted by Crippen LogP contribution is 2.50. The van der Waals surface area contributed by atoms with Crippen LogP contribution >= 0.6 is 0 Å². The van der Waals surface area contributed by atoms with Crippen molar-refractivity contribution in [3.05, 3.63) is 0 Å². The molecule has 0 saturated heterocycles. The fourth-order valence-corrected chi connectivity index (χ4v) is 5.50. The predicted octanol–water partition coefficient (Wildman–Crippen LogP) is 6.95. The van der Waals surface area contributed by atoms with Crippen LogP contribution in [0.1, 0.15) is 113 Å².